The summed E-state index contributed by atoms with van der Waals surface area (Å²) in [4.78, 5) is 17.9. The first-order chi connectivity index (χ1) is 21.7. The molecule has 4 aromatic carbocycles. The molecule has 0 aliphatic heterocycles. The van der Waals surface area contributed by atoms with Crippen LogP contribution in [-0.4, -0.2) is 35.0 Å². The van der Waals surface area contributed by atoms with Gasteiger partial charge in [-0.2, -0.15) is 13.2 Å². The van der Waals surface area contributed by atoms with Crippen molar-refractivity contribution in [3.05, 3.63) is 112 Å². The number of nitrogen functional groups attached to an aromatic ring is 1. The smallest absolute Gasteiger partial charge is 0.478 e. The molecular weight excluding hydrogens is 666 g/mol. The van der Waals surface area contributed by atoms with Gasteiger partial charge in [-0.15, -0.1) is 0 Å². The number of imidazole rings is 1. The standard InChI is InChI=1S/C32H24Cl2F3N3O5S/c1-2-22(30-39-16-26(40-30)23-12-9-20(33)15-25(23)34)19-5-3-17(4-6-19)18-7-10-21(11-8-18)45-27-14-13-24(31(41)42)28(38)29(27)46(43,44)32(35,36)37/h3-16,22H,2,38H2,1H3,(H,39,40)(H,41,42). The van der Waals surface area contributed by atoms with Crippen molar-refractivity contribution in [2.24, 2.45) is 0 Å². The molecule has 0 spiro atoms. The van der Waals surface area contributed by atoms with Crippen LogP contribution in [-0.2, 0) is 9.84 Å². The van der Waals surface area contributed by atoms with Gasteiger partial charge in [-0.1, -0.05) is 66.5 Å². The largest absolute Gasteiger partial charge is 0.502 e. The zero-order chi connectivity index (χ0) is 33.4. The number of nitrogens with zero attached hydrogens (tertiary/aromatic N) is 1. The Hall–Kier alpha value is -4.52. The van der Waals surface area contributed by atoms with E-state index in [0.29, 0.717) is 10.0 Å². The van der Waals surface area contributed by atoms with Crippen molar-refractivity contribution >= 4 is 44.7 Å². The Labute approximate surface area is 271 Å². The third kappa shape index (κ3) is 6.41. The molecule has 5 rings (SSSR count). The lowest BCUT2D eigenvalue weighted by molar-refractivity contribution is -0.0436. The van der Waals surface area contributed by atoms with E-state index in [0.717, 1.165) is 52.3 Å². The van der Waals surface area contributed by atoms with E-state index >= 15 is 0 Å². The number of sulfone groups is 1. The number of aromatic amines is 1. The number of carbonyl (C=O) groups is 1. The van der Waals surface area contributed by atoms with Crippen molar-refractivity contribution in [2.75, 3.05) is 5.73 Å². The molecule has 4 N–H and O–H groups in total. The molecule has 1 unspecified atom stereocenters. The molecule has 0 fully saturated rings. The number of aromatic nitrogens is 2. The lowest BCUT2D eigenvalue weighted by atomic mass is 9.93. The zero-order valence-corrected chi connectivity index (χ0v) is 26.1. The van der Waals surface area contributed by atoms with E-state index in [9.17, 15) is 31.5 Å². The average Bonchev–Trinajstić information content (AvgIpc) is 3.47. The molecular formula is C32H24Cl2F3N3O5S. The molecule has 0 saturated carbocycles. The van der Waals surface area contributed by atoms with E-state index in [1.54, 1.807) is 30.5 Å². The summed E-state index contributed by atoms with van der Waals surface area (Å²) in [5.74, 6) is -1.72. The van der Waals surface area contributed by atoms with Crippen molar-refractivity contribution in [2.45, 2.75) is 29.7 Å². The highest BCUT2D eigenvalue weighted by Crippen LogP contribution is 2.42. The second kappa shape index (κ2) is 12.7. The minimum atomic E-state index is -6.05. The molecule has 46 heavy (non-hydrogen) atoms. The fraction of sp³-hybridized carbons (Fsp3) is 0.125. The summed E-state index contributed by atoms with van der Waals surface area (Å²) >= 11 is 12.4. The average molecular weight is 691 g/mol. The van der Waals surface area contributed by atoms with Crippen LogP contribution < -0.4 is 10.5 Å². The maximum Gasteiger partial charge on any atom is 0.502 e. The summed E-state index contributed by atoms with van der Waals surface area (Å²) in [7, 11) is -6.05. The molecule has 5 aromatic rings. The molecule has 0 aliphatic rings. The van der Waals surface area contributed by atoms with Crippen LogP contribution in [0.25, 0.3) is 22.4 Å². The number of hydrogen-bond donors (Lipinski definition) is 3. The van der Waals surface area contributed by atoms with Gasteiger partial charge in [-0.05, 0) is 65.6 Å². The number of halogens is 5. The van der Waals surface area contributed by atoms with Crippen molar-refractivity contribution < 1.29 is 36.2 Å². The van der Waals surface area contributed by atoms with Gasteiger partial charge in [-0.3, -0.25) is 0 Å². The summed E-state index contributed by atoms with van der Waals surface area (Å²) in [6.07, 6.45) is 2.48. The van der Waals surface area contributed by atoms with E-state index in [-0.39, 0.29) is 11.7 Å². The number of nitrogens with two attached hydrogens (primary N) is 1. The first-order valence-corrected chi connectivity index (χ1v) is 15.8. The van der Waals surface area contributed by atoms with Crippen molar-refractivity contribution in [3.8, 4) is 33.9 Å². The Balaban J connectivity index is 1.37. The van der Waals surface area contributed by atoms with Crippen LogP contribution in [0, 0.1) is 0 Å². The molecule has 1 heterocycles. The van der Waals surface area contributed by atoms with Crippen LogP contribution in [0.5, 0.6) is 11.5 Å². The molecule has 0 radical (unpaired) electrons. The number of ether oxygens (including phenoxy) is 1. The molecule has 0 bridgehead atoms. The van der Waals surface area contributed by atoms with Crippen LogP contribution in [0.1, 0.15) is 41.0 Å². The van der Waals surface area contributed by atoms with Gasteiger partial charge in [0.25, 0.3) is 9.84 Å². The van der Waals surface area contributed by atoms with E-state index in [2.05, 4.69) is 9.97 Å². The highest BCUT2D eigenvalue weighted by molar-refractivity contribution is 7.92. The number of aromatic carboxylic acids is 1. The SMILES string of the molecule is CCC(c1ccc(-c2ccc(Oc3ccc(C(=O)O)c(N)c3S(=O)(=O)C(F)(F)F)cc2)cc1)c1ncc(-c2ccc(Cl)cc2Cl)[nH]1. The van der Waals surface area contributed by atoms with E-state index in [4.69, 9.17) is 33.7 Å². The fourth-order valence-electron chi connectivity index (χ4n) is 4.93. The summed E-state index contributed by atoms with van der Waals surface area (Å²) < 4.78 is 70.3. The van der Waals surface area contributed by atoms with Crippen LogP contribution in [0.15, 0.2) is 90.0 Å². The molecule has 0 amide bonds. The van der Waals surface area contributed by atoms with Gasteiger partial charge in [0.05, 0.1) is 28.2 Å². The van der Waals surface area contributed by atoms with E-state index < -0.39 is 43.2 Å². The summed E-state index contributed by atoms with van der Waals surface area (Å²) in [6.45, 7) is 2.04. The monoisotopic (exact) mass is 689 g/mol. The third-order valence-corrected chi connectivity index (χ3v) is 9.36. The molecule has 14 heteroatoms. The van der Waals surface area contributed by atoms with Gasteiger partial charge < -0.3 is 20.6 Å². The van der Waals surface area contributed by atoms with Gasteiger partial charge in [0.15, 0.2) is 0 Å². The number of alkyl halides is 3. The van der Waals surface area contributed by atoms with Gasteiger partial charge in [0, 0.05) is 16.5 Å². The first kappa shape index (κ1) is 32.9. The summed E-state index contributed by atoms with van der Waals surface area (Å²) in [6, 6.07) is 20.8. The Bertz CT molecular complexity index is 2030. The van der Waals surface area contributed by atoms with Crippen molar-refractivity contribution in [3.63, 3.8) is 0 Å². The number of nitrogens with one attached hydrogen (secondary N) is 1. The quantitative estimate of drug-likeness (QED) is 0.131. The van der Waals surface area contributed by atoms with Gasteiger partial charge in [0.2, 0.25) is 0 Å². The van der Waals surface area contributed by atoms with Crippen molar-refractivity contribution in [1.29, 1.82) is 0 Å². The number of carboxylic acid groups (broad SMARTS) is 1. The van der Waals surface area contributed by atoms with Crippen LogP contribution in [0.2, 0.25) is 10.0 Å². The highest BCUT2D eigenvalue weighted by atomic mass is 35.5. The number of rotatable bonds is 9. The molecule has 1 aromatic heterocycles. The molecule has 0 saturated heterocycles. The maximum absolute atomic E-state index is 13.4. The van der Waals surface area contributed by atoms with E-state index in [1.807, 2.05) is 37.3 Å². The topological polar surface area (TPSA) is 135 Å². The normalized spacial score (nSPS) is 12.6. The lowest BCUT2D eigenvalue weighted by Gasteiger charge is -2.17. The third-order valence-electron chi connectivity index (χ3n) is 7.25. The number of anilines is 1. The Morgan fingerprint density at radius 3 is 2.20 bits per heavy atom. The predicted molar refractivity (Wildman–Crippen MR) is 169 cm³/mol. The Morgan fingerprint density at radius 1 is 1.00 bits per heavy atom. The minimum Gasteiger partial charge on any atom is -0.478 e. The lowest BCUT2D eigenvalue weighted by Crippen LogP contribution is -2.25. The maximum atomic E-state index is 13.4. The molecule has 238 valence electrons. The summed E-state index contributed by atoms with van der Waals surface area (Å²) in [5, 5.41) is 10.3. The van der Waals surface area contributed by atoms with Crippen LogP contribution >= 0.6 is 23.2 Å². The first-order valence-electron chi connectivity index (χ1n) is 13.6. The van der Waals surface area contributed by atoms with Gasteiger partial charge in [0.1, 0.15) is 22.2 Å². The molecule has 8 nitrogen and oxygen atoms in total. The molecule has 0 aliphatic carbocycles. The summed E-state index contributed by atoms with van der Waals surface area (Å²) in [5.41, 5.74) is 2.08. The Kier molecular flexibility index (Phi) is 9.07. The van der Waals surface area contributed by atoms with Crippen LogP contribution in [0.3, 0.4) is 0 Å². The van der Waals surface area contributed by atoms with Gasteiger partial charge >= 0.3 is 11.5 Å². The molecule has 1 atom stereocenters. The predicted octanol–water partition coefficient (Wildman–Crippen LogP) is 8.96. The fourth-order valence-corrected chi connectivity index (χ4v) is 6.45. The second-order valence-corrected chi connectivity index (χ2v) is 12.8. The van der Waals surface area contributed by atoms with Gasteiger partial charge in [-0.25, -0.2) is 18.2 Å². The number of hydrogen-bond acceptors (Lipinski definition) is 6. The zero-order valence-electron chi connectivity index (χ0n) is 23.8. The second-order valence-electron chi connectivity index (χ2n) is 10.1. The Morgan fingerprint density at radius 2 is 1.63 bits per heavy atom. The minimum absolute atomic E-state index is 0.00179. The van der Waals surface area contributed by atoms with Crippen molar-refractivity contribution in [1.82, 2.24) is 9.97 Å². The number of H-pyrrole nitrogens is 1. The number of carboxylic acids is 1. The van der Waals surface area contributed by atoms with Crippen LogP contribution in [0.4, 0.5) is 18.9 Å². The number of benzene rings is 4. The highest BCUT2D eigenvalue weighted by Gasteiger charge is 2.50. The van der Waals surface area contributed by atoms with E-state index in [1.165, 1.54) is 12.1 Å².